The lowest BCUT2D eigenvalue weighted by molar-refractivity contribution is -0.170. The Labute approximate surface area is 218 Å². The van der Waals surface area contributed by atoms with Crippen molar-refractivity contribution in [2.75, 3.05) is 20.6 Å². The monoisotopic (exact) mass is 501 g/mol. The highest BCUT2D eigenvalue weighted by Gasteiger charge is 2.86. The van der Waals surface area contributed by atoms with Gasteiger partial charge in [-0.3, -0.25) is 9.59 Å². The first-order valence-corrected chi connectivity index (χ1v) is 14.5. The third-order valence-corrected chi connectivity index (χ3v) is 13.3. The second-order valence-corrected chi connectivity index (χ2v) is 14.9. The molecule has 0 radical (unpaired) electrons. The van der Waals surface area contributed by atoms with Crippen molar-refractivity contribution in [3.8, 4) is 0 Å². The minimum Gasteiger partial charge on any atom is -0.393 e. The molecule has 5 rings (SSSR count). The van der Waals surface area contributed by atoms with E-state index in [9.17, 15) is 14.7 Å². The number of hydrogen-bond acceptors (Lipinski definition) is 5. The highest BCUT2D eigenvalue weighted by molar-refractivity contribution is 5.92. The standard InChI is InChI=1S/C30H51N3O3/c1-17(2)25(36)32-22-11-12-29-15-30(29)21(10-9-20(29)26(22,4)16-31)27(5)13-19(34)24(18(3)33(7)8)28(27,6)14-23(30)35/h17-22,24,34H,9-16,31H2,1-8H3,(H,32,36)/t18-,19+,20-,21-,22-,24-,26-,27-,28+,29?,30-/m0/s1. The first kappa shape index (κ1) is 26.6. The molecule has 0 aromatic carbocycles. The molecule has 0 aromatic rings. The Morgan fingerprint density at radius 3 is 2.33 bits per heavy atom. The largest absolute Gasteiger partial charge is 0.393 e. The molecule has 204 valence electrons. The van der Waals surface area contributed by atoms with Crippen molar-refractivity contribution in [3.63, 3.8) is 0 Å². The van der Waals surface area contributed by atoms with Crippen LogP contribution in [0, 0.1) is 50.7 Å². The van der Waals surface area contributed by atoms with Crippen molar-refractivity contribution in [1.29, 1.82) is 0 Å². The zero-order chi connectivity index (χ0) is 26.6. The fourth-order valence-corrected chi connectivity index (χ4v) is 11.1. The van der Waals surface area contributed by atoms with E-state index in [1.807, 2.05) is 13.8 Å². The first-order chi connectivity index (χ1) is 16.7. The number of carbonyl (C=O) groups is 2. The van der Waals surface area contributed by atoms with Crippen molar-refractivity contribution in [2.24, 2.45) is 56.5 Å². The van der Waals surface area contributed by atoms with Crippen LogP contribution in [0.15, 0.2) is 0 Å². The maximum absolute atomic E-state index is 14.4. The van der Waals surface area contributed by atoms with Gasteiger partial charge in [0.1, 0.15) is 5.78 Å². The van der Waals surface area contributed by atoms with Gasteiger partial charge in [-0.05, 0) is 94.2 Å². The highest BCUT2D eigenvalue weighted by Crippen LogP contribution is 2.87. The molecule has 0 heterocycles. The fourth-order valence-electron chi connectivity index (χ4n) is 11.1. The van der Waals surface area contributed by atoms with Gasteiger partial charge >= 0.3 is 0 Å². The molecule has 0 aliphatic heterocycles. The van der Waals surface area contributed by atoms with Gasteiger partial charge in [0.25, 0.3) is 0 Å². The van der Waals surface area contributed by atoms with Gasteiger partial charge in [0.2, 0.25) is 5.91 Å². The third-order valence-electron chi connectivity index (χ3n) is 13.3. The lowest BCUT2D eigenvalue weighted by atomic mass is 9.41. The third kappa shape index (κ3) is 2.96. The summed E-state index contributed by atoms with van der Waals surface area (Å²) in [5.41, 5.74) is 5.83. The predicted molar refractivity (Wildman–Crippen MR) is 142 cm³/mol. The summed E-state index contributed by atoms with van der Waals surface area (Å²) in [5, 5.41) is 14.8. The van der Waals surface area contributed by atoms with Crippen LogP contribution in [0.2, 0.25) is 0 Å². The second-order valence-electron chi connectivity index (χ2n) is 14.9. The summed E-state index contributed by atoms with van der Waals surface area (Å²) in [6, 6.07) is 0.291. The summed E-state index contributed by atoms with van der Waals surface area (Å²) in [6.07, 6.45) is 6.01. The zero-order valence-electron chi connectivity index (χ0n) is 24.0. The van der Waals surface area contributed by atoms with E-state index >= 15 is 0 Å². The minimum absolute atomic E-state index is 0.0146. The van der Waals surface area contributed by atoms with Crippen molar-refractivity contribution >= 4 is 11.7 Å². The van der Waals surface area contributed by atoms with E-state index in [4.69, 9.17) is 5.73 Å². The molecule has 5 aliphatic carbocycles. The van der Waals surface area contributed by atoms with E-state index in [1.54, 1.807) is 0 Å². The molecule has 6 nitrogen and oxygen atoms in total. The van der Waals surface area contributed by atoms with Crippen LogP contribution >= 0.6 is 0 Å². The van der Waals surface area contributed by atoms with Crippen LogP contribution in [0.5, 0.6) is 0 Å². The normalized spacial score (nSPS) is 52.3. The van der Waals surface area contributed by atoms with Crippen LogP contribution in [-0.4, -0.2) is 60.5 Å². The lowest BCUT2D eigenvalue weighted by Gasteiger charge is -2.63. The Kier molecular flexibility index (Phi) is 5.93. The molecule has 6 heteroatoms. The van der Waals surface area contributed by atoms with Gasteiger partial charge in [0, 0.05) is 41.2 Å². The minimum atomic E-state index is -0.371. The Morgan fingerprint density at radius 2 is 1.75 bits per heavy atom. The van der Waals surface area contributed by atoms with Gasteiger partial charge in [-0.2, -0.15) is 0 Å². The molecule has 11 atom stereocenters. The Morgan fingerprint density at radius 1 is 1.11 bits per heavy atom. The van der Waals surface area contributed by atoms with Crippen LogP contribution in [0.4, 0.5) is 0 Å². The van der Waals surface area contributed by atoms with Crippen molar-refractivity contribution in [2.45, 2.75) is 105 Å². The van der Waals surface area contributed by atoms with Crippen LogP contribution < -0.4 is 11.1 Å². The van der Waals surface area contributed by atoms with Crippen molar-refractivity contribution < 1.29 is 14.7 Å². The Bertz CT molecular complexity index is 952. The number of fused-ring (bicyclic) bond motifs is 2. The molecule has 5 fully saturated rings. The summed E-state index contributed by atoms with van der Waals surface area (Å²) >= 11 is 0. The Hall–Kier alpha value is -0.980. The highest BCUT2D eigenvalue weighted by atomic mass is 16.3. The van der Waals surface area contributed by atoms with E-state index in [1.165, 1.54) is 0 Å². The van der Waals surface area contributed by atoms with E-state index in [0.717, 1.165) is 38.5 Å². The Balaban J connectivity index is 1.51. The summed E-state index contributed by atoms with van der Waals surface area (Å²) in [5.74, 6) is 1.30. The number of hydrogen-bond donors (Lipinski definition) is 3. The maximum atomic E-state index is 14.4. The molecular formula is C30H51N3O3. The quantitative estimate of drug-likeness (QED) is 0.535. The number of Topliss-reactive ketones (excluding diaryl/α,β-unsaturated/α-hetero) is 1. The fraction of sp³-hybridized carbons (Fsp3) is 0.933. The average Bonchev–Trinajstić information content (AvgIpc) is 3.44. The molecule has 0 aromatic heterocycles. The molecule has 5 aliphatic rings. The van der Waals surface area contributed by atoms with Gasteiger partial charge in [-0.15, -0.1) is 0 Å². The SMILES string of the molecule is CC(C)C(=O)N[C@H]1CCC23C[C@]24C(=O)C[C@]2(C)[C@@H]([C@H](C)N(C)C)[C@H](O)C[C@@]2(C)[C@@H]4CC[C@H]3[C@]1(C)CN. The second kappa shape index (κ2) is 8.02. The van der Waals surface area contributed by atoms with E-state index in [2.05, 4.69) is 52.0 Å². The number of nitrogens with one attached hydrogen (secondary N) is 1. The zero-order valence-corrected chi connectivity index (χ0v) is 24.0. The van der Waals surface area contributed by atoms with Crippen molar-refractivity contribution in [3.05, 3.63) is 0 Å². The van der Waals surface area contributed by atoms with Gasteiger partial charge in [-0.25, -0.2) is 0 Å². The molecule has 0 saturated heterocycles. The molecular weight excluding hydrogens is 450 g/mol. The number of carbonyl (C=O) groups excluding carboxylic acids is 2. The lowest BCUT2D eigenvalue weighted by Crippen LogP contribution is -2.64. The number of aliphatic hydroxyl groups is 1. The van der Waals surface area contributed by atoms with Crippen LogP contribution in [0.3, 0.4) is 0 Å². The summed E-state index contributed by atoms with van der Waals surface area (Å²) in [7, 11) is 4.18. The number of nitrogens with two attached hydrogens (primary N) is 1. The van der Waals surface area contributed by atoms with E-state index in [-0.39, 0.29) is 63.0 Å². The van der Waals surface area contributed by atoms with Gasteiger partial charge < -0.3 is 21.1 Å². The number of aliphatic hydroxyl groups excluding tert-OH is 1. The van der Waals surface area contributed by atoms with Crippen LogP contribution in [-0.2, 0) is 9.59 Å². The summed E-state index contributed by atoms with van der Waals surface area (Å²) in [6.45, 7) is 13.7. The van der Waals surface area contributed by atoms with Crippen LogP contribution in [0.25, 0.3) is 0 Å². The molecule has 1 unspecified atom stereocenters. The number of rotatable bonds is 5. The first-order valence-electron chi connectivity index (χ1n) is 14.5. The van der Waals surface area contributed by atoms with Crippen molar-refractivity contribution in [1.82, 2.24) is 10.2 Å². The maximum Gasteiger partial charge on any atom is 0.222 e. The number of ketones is 1. The molecule has 1 amide bonds. The smallest absolute Gasteiger partial charge is 0.222 e. The number of amides is 1. The average molecular weight is 502 g/mol. The predicted octanol–water partition coefficient (Wildman–Crippen LogP) is 3.61. The molecule has 2 spiro atoms. The van der Waals surface area contributed by atoms with Gasteiger partial charge in [-0.1, -0.05) is 34.6 Å². The van der Waals surface area contributed by atoms with E-state index < -0.39 is 0 Å². The number of nitrogens with zero attached hydrogens (tertiary/aromatic N) is 1. The van der Waals surface area contributed by atoms with E-state index in [0.29, 0.717) is 30.6 Å². The topological polar surface area (TPSA) is 95.7 Å². The van der Waals surface area contributed by atoms with Gasteiger partial charge in [0.05, 0.1) is 6.10 Å². The molecule has 36 heavy (non-hydrogen) atoms. The summed E-state index contributed by atoms with van der Waals surface area (Å²) < 4.78 is 0. The molecule has 0 bridgehead atoms. The summed E-state index contributed by atoms with van der Waals surface area (Å²) in [4.78, 5) is 29.3. The molecule has 4 N–H and O–H groups in total. The van der Waals surface area contributed by atoms with Gasteiger partial charge in [0.15, 0.2) is 0 Å². The van der Waals surface area contributed by atoms with Crippen LogP contribution in [0.1, 0.15) is 86.5 Å². The molecule has 5 saturated carbocycles.